The van der Waals surface area contributed by atoms with Crippen LogP contribution in [-0.4, -0.2) is 0 Å². The molecular weight excluding hydrogens is 1330 g/mol. The first kappa shape index (κ1) is 64.4. The molecule has 2 heteroatoms. The second-order valence-corrected chi connectivity index (χ2v) is 33.5. The van der Waals surface area contributed by atoms with Gasteiger partial charge in [-0.1, -0.05) is 294 Å². The number of hydrogen-bond acceptors (Lipinski definition) is 2. The highest BCUT2D eigenvalue weighted by Gasteiger charge is 2.53. The summed E-state index contributed by atoms with van der Waals surface area (Å²) in [5, 5.41) is 4.98. The average Bonchev–Trinajstić information content (AvgIpc) is 1.50. The standard InChI is InChI=1S/C108H88N2/c1-3-35-73(36-4-1)105-91-55-51-80(110(84-63-77(71-31-11-12-32-71)60-78(64-84)72-33-13-14-34-72)82-54-58-104-94(66-82)90-44-20-26-50-102(90)108(104)99-47-23-17-41-87(99)88-42-18-24-48-100(88)108)68-96(91)106(74-37-5-2-6-38-74)92-56-52-79(67-95(92)105)109(83-61-75(69-27-7-8-28-69)59-76(62-83)70-29-9-10-30-70)81-53-57-103-93(65-81)89-43-19-25-49-101(89)107(103)97-45-21-15-39-85(97)86-40-16-22-46-98(86)107/h1-6,15-26,35-72H,7-14,27-34H2. The zero-order valence-electron chi connectivity index (χ0n) is 62.5. The molecule has 0 aliphatic heterocycles. The van der Waals surface area contributed by atoms with E-state index in [1.165, 1.54) is 292 Å². The summed E-state index contributed by atoms with van der Waals surface area (Å²) in [5.41, 5.74) is 38.9. The molecule has 0 saturated heterocycles. The van der Waals surface area contributed by atoms with Gasteiger partial charge in [0, 0.05) is 34.1 Å². The van der Waals surface area contributed by atoms with Gasteiger partial charge in [-0.15, -0.1) is 0 Å². The Labute approximate surface area is 647 Å². The minimum Gasteiger partial charge on any atom is -0.310 e. The molecule has 15 aromatic carbocycles. The number of anilines is 6. The third-order valence-electron chi connectivity index (χ3n) is 28.0. The van der Waals surface area contributed by atoms with E-state index >= 15 is 0 Å². The third-order valence-corrected chi connectivity index (χ3v) is 28.0. The van der Waals surface area contributed by atoms with E-state index in [9.17, 15) is 0 Å². The van der Waals surface area contributed by atoms with Crippen LogP contribution >= 0.6 is 0 Å². The van der Waals surface area contributed by atoms with Crippen molar-refractivity contribution in [2.24, 2.45) is 0 Å². The Kier molecular flexibility index (Phi) is 14.9. The van der Waals surface area contributed by atoms with E-state index < -0.39 is 10.8 Å². The molecule has 0 bridgehead atoms. The molecule has 110 heavy (non-hydrogen) atoms. The highest BCUT2D eigenvalue weighted by molar-refractivity contribution is 6.23. The van der Waals surface area contributed by atoms with E-state index in [0.29, 0.717) is 23.7 Å². The van der Waals surface area contributed by atoms with Gasteiger partial charge in [0.15, 0.2) is 0 Å². The Hall–Kier alpha value is -11.6. The van der Waals surface area contributed by atoms with Gasteiger partial charge < -0.3 is 9.80 Å². The zero-order chi connectivity index (χ0) is 72.2. The van der Waals surface area contributed by atoms with Crippen LogP contribution in [0.25, 0.3) is 88.3 Å². The SMILES string of the molecule is c1ccc(-c2c3ccc(N(c4cc(C5CCCC5)cc(C5CCCC5)c4)c4ccc5c(c4)-c4ccccc4C54c5ccccc5-c5ccccc54)cc3c(-c3ccccc3)c3ccc(N(c4cc(C5CCCC5)cc(C5CCCC5)c4)c4ccc5c(c4)-c4ccccc4C54c5ccccc5-c5ccccc54)cc23)cc1. The van der Waals surface area contributed by atoms with Crippen molar-refractivity contribution in [3.63, 3.8) is 0 Å². The number of hydrogen-bond donors (Lipinski definition) is 0. The fourth-order valence-corrected chi connectivity index (χ4v) is 23.2. The van der Waals surface area contributed by atoms with E-state index in [1.54, 1.807) is 0 Å². The van der Waals surface area contributed by atoms with Crippen LogP contribution in [0.5, 0.6) is 0 Å². The molecule has 0 atom stereocenters. The molecule has 0 radical (unpaired) electrons. The molecule has 23 rings (SSSR count). The maximum Gasteiger partial charge on any atom is 0.0725 e. The molecule has 4 fully saturated rings. The van der Waals surface area contributed by atoms with Gasteiger partial charge in [-0.2, -0.15) is 0 Å². The highest BCUT2D eigenvalue weighted by Crippen LogP contribution is 2.66. The second-order valence-electron chi connectivity index (χ2n) is 33.5. The summed E-state index contributed by atoms with van der Waals surface area (Å²) in [7, 11) is 0. The summed E-state index contributed by atoms with van der Waals surface area (Å²) in [6, 6.07) is 125. The van der Waals surface area contributed by atoms with Gasteiger partial charge >= 0.3 is 0 Å². The lowest BCUT2D eigenvalue weighted by atomic mass is 9.70. The highest BCUT2D eigenvalue weighted by atomic mass is 15.1. The van der Waals surface area contributed by atoms with Crippen LogP contribution in [-0.2, 0) is 10.8 Å². The predicted octanol–water partition coefficient (Wildman–Crippen LogP) is 29.6. The van der Waals surface area contributed by atoms with Crippen LogP contribution in [0, 0.1) is 0 Å². The molecule has 8 aliphatic rings. The Morgan fingerprint density at radius 2 is 0.436 bits per heavy atom. The van der Waals surface area contributed by atoms with E-state index in [4.69, 9.17) is 0 Å². The van der Waals surface area contributed by atoms with E-state index in [-0.39, 0.29) is 0 Å². The Morgan fingerprint density at radius 1 is 0.191 bits per heavy atom. The third kappa shape index (κ3) is 9.60. The van der Waals surface area contributed by atoms with Crippen molar-refractivity contribution in [2.45, 2.75) is 137 Å². The maximum atomic E-state index is 2.68. The summed E-state index contributed by atoms with van der Waals surface area (Å²) in [4.78, 5) is 5.37. The quantitative estimate of drug-likeness (QED) is 0.113. The van der Waals surface area contributed by atoms with Gasteiger partial charge in [-0.25, -0.2) is 0 Å². The molecule has 0 unspecified atom stereocenters. The van der Waals surface area contributed by atoms with Gasteiger partial charge in [0.05, 0.1) is 10.8 Å². The van der Waals surface area contributed by atoms with E-state index in [2.05, 4.69) is 325 Å². The monoisotopic (exact) mass is 1410 g/mol. The summed E-state index contributed by atoms with van der Waals surface area (Å²) in [6.07, 6.45) is 20.4. The van der Waals surface area contributed by atoms with Gasteiger partial charge in [-0.3, -0.25) is 0 Å². The summed E-state index contributed by atoms with van der Waals surface area (Å²) in [5.74, 6) is 2.22. The van der Waals surface area contributed by atoms with Gasteiger partial charge in [0.2, 0.25) is 0 Å². The largest absolute Gasteiger partial charge is 0.310 e. The molecule has 0 heterocycles. The van der Waals surface area contributed by atoms with Crippen molar-refractivity contribution in [3.05, 3.63) is 382 Å². The lowest BCUT2D eigenvalue weighted by Crippen LogP contribution is -2.25. The predicted molar refractivity (Wildman–Crippen MR) is 459 cm³/mol. The maximum absolute atomic E-state index is 2.68. The van der Waals surface area contributed by atoms with Crippen LogP contribution in [0.1, 0.15) is 193 Å². The lowest BCUT2D eigenvalue weighted by Gasteiger charge is -2.32. The lowest BCUT2D eigenvalue weighted by molar-refractivity contribution is 0.700. The normalized spacial score (nSPS) is 16.9. The van der Waals surface area contributed by atoms with Crippen molar-refractivity contribution in [2.75, 3.05) is 9.80 Å². The average molecular weight is 1410 g/mol. The van der Waals surface area contributed by atoms with Crippen LogP contribution < -0.4 is 9.80 Å². The molecular formula is C108H88N2. The molecule has 4 saturated carbocycles. The molecule has 15 aromatic rings. The smallest absolute Gasteiger partial charge is 0.0725 e. The van der Waals surface area contributed by atoms with Gasteiger partial charge in [-0.05, 0) is 303 Å². The van der Waals surface area contributed by atoms with Crippen molar-refractivity contribution in [3.8, 4) is 66.8 Å². The van der Waals surface area contributed by atoms with Crippen molar-refractivity contribution in [1.29, 1.82) is 0 Å². The zero-order valence-corrected chi connectivity index (χ0v) is 62.5. The molecule has 530 valence electrons. The first-order chi connectivity index (χ1) is 54.5. The molecule has 2 nitrogen and oxygen atoms in total. The van der Waals surface area contributed by atoms with Crippen LogP contribution in [0.3, 0.4) is 0 Å². The Bertz CT molecular complexity index is 5690. The minimum absolute atomic E-state index is 0.440. The number of fused-ring (bicyclic) bond motifs is 22. The van der Waals surface area contributed by atoms with Crippen molar-refractivity contribution >= 4 is 55.7 Å². The van der Waals surface area contributed by atoms with Gasteiger partial charge in [0.25, 0.3) is 0 Å². The fourth-order valence-electron chi connectivity index (χ4n) is 23.2. The fraction of sp³-hybridized carbons (Fsp3) is 0.204. The molecule has 2 spiro atoms. The summed E-state index contributed by atoms with van der Waals surface area (Å²) in [6.45, 7) is 0. The number of rotatable bonds is 12. The summed E-state index contributed by atoms with van der Waals surface area (Å²) < 4.78 is 0. The van der Waals surface area contributed by atoms with Gasteiger partial charge in [0.1, 0.15) is 0 Å². The first-order valence-electron chi connectivity index (χ1n) is 41.5. The van der Waals surface area contributed by atoms with E-state index in [0.717, 1.165) is 0 Å². The molecule has 8 aliphatic carbocycles. The second kappa shape index (κ2) is 25.5. The topological polar surface area (TPSA) is 6.48 Å². The first-order valence-corrected chi connectivity index (χ1v) is 41.5. The molecule has 0 N–H and O–H groups in total. The molecule has 0 amide bonds. The van der Waals surface area contributed by atoms with Crippen LogP contribution in [0.15, 0.2) is 315 Å². The Balaban J connectivity index is 0.767. The van der Waals surface area contributed by atoms with Crippen molar-refractivity contribution in [1.82, 2.24) is 0 Å². The van der Waals surface area contributed by atoms with Crippen LogP contribution in [0.4, 0.5) is 34.1 Å². The number of benzene rings is 15. The van der Waals surface area contributed by atoms with E-state index in [1.807, 2.05) is 0 Å². The van der Waals surface area contributed by atoms with Crippen molar-refractivity contribution < 1.29 is 0 Å². The van der Waals surface area contributed by atoms with Crippen LogP contribution in [0.2, 0.25) is 0 Å². The summed E-state index contributed by atoms with van der Waals surface area (Å²) >= 11 is 0. The molecule has 0 aromatic heterocycles. The minimum atomic E-state index is -0.440. The Morgan fingerprint density at radius 3 is 0.736 bits per heavy atom. The number of nitrogens with zero attached hydrogens (tertiary/aromatic N) is 2.